The Hall–Kier alpha value is -1.80. The van der Waals surface area contributed by atoms with Gasteiger partial charge in [0.25, 0.3) is 0 Å². The molecule has 0 bridgehead atoms. The van der Waals surface area contributed by atoms with E-state index >= 15 is 0 Å². The van der Waals surface area contributed by atoms with Gasteiger partial charge in [0, 0.05) is 12.0 Å². The molecule has 0 saturated carbocycles. The molecule has 2 aromatic carbocycles. The topological polar surface area (TPSA) is 35.2 Å². The third-order valence-corrected chi connectivity index (χ3v) is 3.81. The lowest BCUT2D eigenvalue weighted by molar-refractivity contribution is 0.413. The molecule has 0 aliphatic heterocycles. The van der Waals surface area contributed by atoms with Crippen molar-refractivity contribution in [2.24, 2.45) is 5.73 Å². The maximum absolute atomic E-state index is 6.37. The summed E-state index contributed by atoms with van der Waals surface area (Å²) in [6, 6.07) is 16.8. The molecule has 0 radical (unpaired) electrons. The van der Waals surface area contributed by atoms with E-state index in [4.69, 9.17) is 10.5 Å². The van der Waals surface area contributed by atoms with Gasteiger partial charge in [-0.1, -0.05) is 36.4 Å². The van der Waals surface area contributed by atoms with Crippen LogP contribution in [0.25, 0.3) is 0 Å². The molecule has 2 aromatic rings. The lowest BCUT2D eigenvalue weighted by Gasteiger charge is -2.17. The van der Waals surface area contributed by atoms with Crippen molar-refractivity contribution in [3.8, 4) is 5.75 Å². The van der Waals surface area contributed by atoms with Crippen LogP contribution < -0.4 is 10.5 Å². The number of fused-ring (bicyclic) bond motifs is 1. The van der Waals surface area contributed by atoms with Gasteiger partial charge in [0.05, 0.1) is 7.11 Å². The van der Waals surface area contributed by atoms with Crippen LogP contribution in [0.15, 0.2) is 48.5 Å². The number of benzene rings is 2. The molecule has 2 heteroatoms. The Balaban J connectivity index is 1.96. The van der Waals surface area contributed by atoms with Crippen molar-refractivity contribution in [2.75, 3.05) is 7.11 Å². The van der Waals surface area contributed by atoms with Crippen LogP contribution in [0.3, 0.4) is 0 Å². The zero-order chi connectivity index (χ0) is 12.5. The average molecular weight is 239 g/mol. The number of nitrogens with two attached hydrogens (primary N) is 1. The Morgan fingerprint density at radius 1 is 1.11 bits per heavy atom. The summed E-state index contributed by atoms with van der Waals surface area (Å²) < 4.78 is 5.29. The van der Waals surface area contributed by atoms with Crippen LogP contribution >= 0.6 is 0 Å². The highest BCUT2D eigenvalue weighted by molar-refractivity contribution is 5.42. The summed E-state index contributed by atoms with van der Waals surface area (Å²) in [6.45, 7) is 0. The number of hydrogen-bond acceptors (Lipinski definition) is 2. The van der Waals surface area contributed by atoms with Crippen LogP contribution in [0.2, 0.25) is 0 Å². The molecule has 18 heavy (non-hydrogen) atoms. The van der Waals surface area contributed by atoms with Crippen molar-refractivity contribution in [1.82, 2.24) is 0 Å². The van der Waals surface area contributed by atoms with E-state index in [1.807, 2.05) is 12.1 Å². The molecule has 92 valence electrons. The molecule has 0 saturated heterocycles. The third kappa shape index (κ3) is 1.79. The molecule has 2 atom stereocenters. The molecule has 2 nitrogen and oxygen atoms in total. The fraction of sp³-hybridized carbons (Fsp3) is 0.250. The summed E-state index contributed by atoms with van der Waals surface area (Å²) in [7, 11) is 1.70. The largest absolute Gasteiger partial charge is 0.497 e. The highest BCUT2D eigenvalue weighted by atomic mass is 16.5. The van der Waals surface area contributed by atoms with Crippen molar-refractivity contribution in [3.63, 3.8) is 0 Å². The summed E-state index contributed by atoms with van der Waals surface area (Å²) in [5.41, 5.74) is 10.3. The molecule has 0 fully saturated rings. The van der Waals surface area contributed by atoms with Crippen molar-refractivity contribution in [1.29, 1.82) is 0 Å². The van der Waals surface area contributed by atoms with Gasteiger partial charge in [0.2, 0.25) is 0 Å². The zero-order valence-electron chi connectivity index (χ0n) is 10.5. The van der Waals surface area contributed by atoms with Gasteiger partial charge in [-0.3, -0.25) is 0 Å². The zero-order valence-corrected chi connectivity index (χ0v) is 10.5. The molecule has 3 rings (SSSR count). The van der Waals surface area contributed by atoms with Crippen molar-refractivity contribution >= 4 is 0 Å². The molecule has 0 spiro atoms. The van der Waals surface area contributed by atoms with Gasteiger partial charge in [-0.05, 0) is 35.2 Å². The second kappa shape index (κ2) is 4.46. The molecule has 1 aliphatic rings. The Morgan fingerprint density at radius 2 is 1.94 bits per heavy atom. The van der Waals surface area contributed by atoms with Gasteiger partial charge in [-0.2, -0.15) is 0 Å². The summed E-state index contributed by atoms with van der Waals surface area (Å²) in [5, 5.41) is 0. The Kier molecular flexibility index (Phi) is 2.80. The standard InChI is InChI=1S/C16H17NO/c1-18-13-7-4-6-11(9-13)15-10-12-5-2-3-8-14(12)16(15)17/h2-9,15-16H,10,17H2,1H3/t15-,16+/m1/s1. The van der Waals surface area contributed by atoms with Gasteiger partial charge < -0.3 is 10.5 Å². The van der Waals surface area contributed by atoms with Gasteiger partial charge in [0.15, 0.2) is 0 Å². The quantitative estimate of drug-likeness (QED) is 0.874. The van der Waals surface area contributed by atoms with E-state index in [-0.39, 0.29) is 6.04 Å². The van der Waals surface area contributed by atoms with Crippen molar-refractivity contribution < 1.29 is 4.74 Å². The smallest absolute Gasteiger partial charge is 0.119 e. The Bertz CT molecular complexity index is 565. The lowest BCUT2D eigenvalue weighted by Crippen LogP contribution is -2.15. The first-order valence-electron chi connectivity index (χ1n) is 6.27. The average Bonchev–Trinajstić information content (AvgIpc) is 2.77. The normalized spacial score (nSPS) is 21.7. The number of ether oxygens (including phenoxy) is 1. The first-order valence-corrected chi connectivity index (χ1v) is 6.27. The molecular formula is C16H17NO. The van der Waals surface area contributed by atoms with Crippen LogP contribution in [0.4, 0.5) is 0 Å². The number of rotatable bonds is 2. The van der Waals surface area contributed by atoms with Crippen LogP contribution in [0.5, 0.6) is 5.75 Å². The first kappa shape index (κ1) is 11.3. The molecule has 0 amide bonds. The van der Waals surface area contributed by atoms with Crippen LogP contribution in [0, 0.1) is 0 Å². The fourth-order valence-electron chi connectivity index (χ4n) is 2.82. The van der Waals surface area contributed by atoms with Crippen molar-refractivity contribution in [2.45, 2.75) is 18.4 Å². The Labute approximate surface area is 107 Å². The van der Waals surface area contributed by atoms with E-state index in [9.17, 15) is 0 Å². The van der Waals surface area contributed by atoms with Gasteiger partial charge in [-0.15, -0.1) is 0 Å². The predicted molar refractivity (Wildman–Crippen MR) is 72.8 cm³/mol. The monoisotopic (exact) mass is 239 g/mol. The molecule has 1 aliphatic carbocycles. The lowest BCUT2D eigenvalue weighted by atomic mass is 9.92. The van der Waals surface area contributed by atoms with E-state index in [1.54, 1.807) is 7.11 Å². The fourth-order valence-corrected chi connectivity index (χ4v) is 2.82. The minimum Gasteiger partial charge on any atom is -0.497 e. The molecule has 0 unspecified atom stereocenters. The summed E-state index contributed by atoms with van der Waals surface area (Å²) in [4.78, 5) is 0. The third-order valence-electron chi connectivity index (χ3n) is 3.81. The van der Waals surface area contributed by atoms with Gasteiger partial charge >= 0.3 is 0 Å². The van der Waals surface area contributed by atoms with E-state index in [2.05, 4.69) is 36.4 Å². The van der Waals surface area contributed by atoms with E-state index < -0.39 is 0 Å². The number of methoxy groups -OCH3 is 1. The summed E-state index contributed by atoms with van der Waals surface area (Å²) in [6.07, 6.45) is 1.02. The Morgan fingerprint density at radius 3 is 2.72 bits per heavy atom. The second-order valence-electron chi connectivity index (χ2n) is 4.81. The van der Waals surface area contributed by atoms with Gasteiger partial charge in [0.1, 0.15) is 5.75 Å². The second-order valence-corrected chi connectivity index (χ2v) is 4.81. The van der Waals surface area contributed by atoms with Crippen LogP contribution in [-0.2, 0) is 6.42 Å². The minimum absolute atomic E-state index is 0.0910. The highest BCUT2D eigenvalue weighted by Crippen LogP contribution is 2.41. The molecular weight excluding hydrogens is 222 g/mol. The molecule has 0 aromatic heterocycles. The maximum atomic E-state index is 6.37. The SMILES string of the molecule is COc1cccc([C@H]2Cc3ccccc3[C@@H]2N)c1. The van der Waals surface area contributed by atoms with Crippen LogP contribution in [0.1, 0.15) is 28.7 Å². The molecule has 2 N–H and O–H groups in total. The van der Waals surface area contributed by atoms with E-state index in [0.717, 1.165) is 12.2 Å². The summed E-state index contributed by atoms with van der Waals surface area (Å²) in [5.74, 6) is 1.26. The molecule has 0 heterocycles. The maximum Gasteiger partial charge on any atom is 0.119 e. The highest BCUT2D eigenvalue weighted by Gasteiger charge is 2.30. The predicted octanol–water partition coefficient (Wildman–Crippen LogP) is 3.03. The first-order chi connectivity index (χ1) is 8.79. The summed E-state index contributed by atoms with van der Waals surface area (Å²) >= 11 is 0. The van der Waals surface area contributed by atoms with E-state index in [0.29, 0.717) is 5.92 Å². The van der Waals surface area contributed by atoms with E-state index in [1.165, 1.54) is 16.7 Å². The van der Waals surface area contributed by atoms with Gasteiger partial charge in [-0.25, -0.2) is 0 Å². The van der Waals surface area contributed by atoms with Crippen LogP contribution in [-0.4, -0.2) is 7.11 Å². The van der Waals surface area contributed by atoms with Crippen molar-refractivity contribution in [3.05, 3.63) is 65.2 Å². The minimum atomic E-state index is 0.0910. The number of hydrogen-bond donors (Lipinski definition) is 1.